The van der Waals surface area contributed by atoms with E-state index in [1.807, 2.05) is 31.1 Å². The zero-order valence-corrected chi connectivity index (χ0v) is 51.5. The molecule has 0 spiro atoms. The van der Waals surface area contributed by atoms with E-state index in [1.54, 1.807) is 128 Å². The third-order valence-corrected chi connectivity index (χ3v) is 83.4. The molecule has 36 heteroatoms. The molecule has 216 valence electrons. The van der Waals surface area contributed by atoms with Crippen LogP contribution in [-0.2, 0) is 120 Å². The molecule has 0 bridgehead atoms. The van der Waals surface area contributed by atoms with E-state index in [1.165, 1.54) is 0 Å². The smallest absolute Gasteiger partial charge is 1.00 e. The minimum absolute atomic E-state index is 0. The minimum Gasteiger partial charge on any atom is -1.00 e. The Morgan fingerprint density at radius 1 is 0.525 bits per heavy atom. The van der Waals surface area contributed by atoms with Crippen LogP contribution in [-0.4, -0.2) is 43.9 Å². The summed E-state index contributed by atoms with van der Waals surface area (Å²) in [5.74, 6) is 0. The predicted octanol–water partition coefficient (Wildman–Crippen LogP) is -7.90. The fourth-order valence-corrected chi connectivity index (χ4v) is 96.8. The molecule has 0 fully saturated rings. The number of hydrogen-bond donors (Lipinski definition) is 0. The van der Waals surface area contributed by atoms with E-state index in [4.69, 9.17) is 71.7 Å². The second-order valence-corrected chi connectivity index (χ2v) is 82.8. The first-order valence-corrected chi connectivity index (χ1v) is 52.2. The summed E-state index contributed by atoms with van der Waals surface area (Å²) in [6.07, 6.45) is 8.15. The van der Waals surface area contributed by atoms with Gasteiger partial charge in [-0.15, -0.1) is 34.6 Å². The second-order valence-electron chi connectivity index (χ2n) is 3.53. The van der Waals surface area contributed by atoms with Crippen molar-refractivity contribution in [3.63, 3.8) is 0 Å². The molecule has 0 nitrogen and oxygen atoms in total. The van der Waals surface area contributed by atoms with Crippen LogP contribution in [0, 0.1) is 0 Å². The Labute approximate surface area is 455 Å². The molecule has 0 aromatic carbocycles. The average molecular weight is 1340 g/mol. The Hall–Kier alpha value is 15.0. The molecular formula is C4H14I3Li6P5S22-2. The van der Waals surface area contributed by atoms with E-state index < -0.39 is 18.2 Å². The Kier molecular flexibility index (Phi) is 92.4. The summed E-state index contributed by atoms with van der Waals surface area (Å²) < 4.78 is -9.36. The van der Waals surface area contributed by atoms with Crippen molar-refractivity contribution in [1.82, 2.24) is 0 Å². The Morgan fingerprint density at radius 2 is 0.775 bits per heavy atom. The van der Waals surface area contributed by atoms with Crippen LogP contribution in [0.4, 0.5) is 0 Å². The number of halogens is 3. The van der Waals surface area contributed by atoms with Crippen molar-refractivity contribution in [3.8, 4) is 0 Å². The van der Waals surface area contributed by atoms with Crippen LogP contribution in [0.2, 0.25) is 0 Å². The van der Waals surface area contributed by atoms with Crippen molar-refractivity contribution in [2.45, 2.75) is 0 Å². The Balaban J connectivity index is -0.0000000601. The van der Waals surface area contributed by atoms with Gasteiger partial charge in [-0.3, -0.25) is 0 Å². The predicted molar refractivity (Wildman–Crippen MR) is 245 cm³/mol. The fraction of sp³-hybridized carbons (Fsp3) is 1.00. The van der Waals surface area contributed by atoms with Crippen LogP contribution in [0.25, 0.3) is 0 Å². The molecule has 0 aliphatic rings. The number of rotatable bonds is 15. The molecule has 0 rings (SSSR count). The van der Waals surface area contributed by atoms with Gasteiger partial charge in [0.05, 0.1) is 0 Å². The van der Waals surface area contributed by atoms with Crippen LogP contribution in [0.15, 0.2) is 0 Å². The van der Waals surface area contributed by atoms with E-state index in [2.05, 4.69) is 79.7 Å². The van der Waals surface area contributed by atoms with Gasteiger partial charge in [0.25, 0.3) is 18.6 Å². The number of hydrogen-bond acceptors (Lipinski definition) is 22. The van der Waals surface area contributed by atoms with Crippen molar-refractivity contribution in [2.75, 3.05) is 25.0 Å². The third-order valence-electron chi connectivity index (χ3n) is 1.43. The first-order valence-electron chi connectivity index (χ1n) is 6.27. The molecule has 0 aromatic rings. The summed E-state index contributed by atoms with van der Waals surface area (Å²) in [7, 11) is 16.9. The molecule has 4 atom stereocenters. The summed E-state index contributed by atoms with van der Waals surface area (Å²) in [4.78, 5) is 0. The molecule has 0 amide bonds. The summed E-state index contributed by atoms with van der Waals surface area (Å²) in [5, 5.41) is 0. The molecule has 0 N–H and O–H groups in total. The topological polar surface area (TPSA) is 0 Å². The van der Waals surface area contributed by atoms with E-state index >= 15 is 0 Å². The van der Waals surface area contributed by atoms with Crippen molar-refractivity contribution in [3.05, 3.63) is 0 Å². The summed E-state index contributed by atoms with van der Waals surface area (Å²) in [5.41, 5.74) is 0. The van der Waals surface area contributed by atoms with Crippen molar-refractivity contribution >= 4 is 304 Å². The van der Waals surface area contributed by atoms with Gasteiger partial charge in [-0.25, -0.2) is 0 Å². The van der Waals surface area contributed by atoms with E-state index in [0.717, 1.165) is 0 Å². The zero-order chi connectivity index (χ0) is 27.0. The molecule has 0 saturated carbocycles. The van der Waals surface area contributed by atoms with Gasteiger partial charge in [0.15, 0.2) is 0 Å². The second kappa shape index (κ2) is 46.7. The molecular weight excluding hydrogens is 1330 g/mol. The maximum atomic E-state index is 5.94. The van der Waals surface area contributed by atoms with Crippen LogP contribution in [0.3, 0.4) is 0 Å². The van der Waals surface area contributed by atoms with E-state index in [0.29, 0.717) is 0 Å². The van der Waals surface area contributed by atoms with E-state index in [-0.39, 0.29) is 139 Å². The van der Waals surface area contributed by atoms with E-state index in [9.17, 15) is 0 Å². The van der Waals surface area contributed by atoms with Gasteiger partial charge in [0.2, 0.25) is 0 Å². The van der Waals surface area contributed by atoms with Gasteiger partial charge < -0.3 is 109 Å². The zero-order valence-electron chi connectivity index (χ0n) is 23.4. The van der Waals surface area contributed by atoms with Crippen LogP contribution >= 0.6 is 164 Å². The average Bonchev–Trinajstić information content (AvgIpc) is 2.71. The largest absolute Gasteiger partial charge is 1.00 e. The Bertz CT molecular complexity index is 776. The SMILES string of the molecule is CSSP(=S)(SC)SSP(=S)([S-])SSP(=S)(SSC)SSP(=S)([S-])SC.I[IH+].S=P([S-])([S-])[S-].[H-].[I-].[Li+].[Li+].[Li+].[Li+].[Li+].[Li-]. The molecule has 0 saturated heterocycles. The maximum absolute atomic E-state index is 5.94. The molecule has 0 aromatic heterocycles. The van der Waals surface area contributed by atoms with Gasteiger partial charge in [0, 0.05) is 0 Å². The van der Waals surface area contributed by atoms with Gasteiger partial charge in [-0.1, -0.05) is 91.9 Å². The molecule has 2 radical (unpaired) electrons. The standard InChI is InChI=1S/C4H14P4S18.HI2.HI.6Li.H3PS4.H/c1-15-5(9,10)19-25-8(14,23-18-4)26-21-6(11,12)20-24-7(13,16-2)22-17-3;1-2;;;;;;;;2-1(3,4)5;/h1-4H3,(H,9,10)(H,11,12);1H;1H;;;;;;;(H3,2,3,4,5);/q;+1;;-1;5*+1;;-1/p-6. The quantitative estimate of drug-likeness (QED) is 0.0502. The molecule has 0 heterocycles. The Morgan fingerprint density at radius 3 is 1.02 bits per heavy atom. The first-order chi connectivity index (χ1) is 14.9. The third kappa shape index (κ3) is 57.3. The van der Waals surface area contributed by atoms with Crippen LogP contribution < -0.4 is 137 Å². The van der Waals surface area contributed by atoms with Gasteiger partial charge in [-0.05, 0) is 80.7 Å². The van der Waals surface area contributed by atoms with Crippen molar-refractivity contribution in [1.29, 1.82) is 0 Å². The summed E-state index contributed by atoms with van der Waals surface area (Å²) in [6, 6.07) is 0. The van der Waals surface area contributed by atoms with Gasteiger partial charge >= 0.3 is 113 Å². The van der Waals surface area contributed by atoms with Crippen LogP contribution in [0.1, 0.15) is 1.43 Å². The van der Waals surface area contributed by atoms with Crippen molar-refractivity contribution < 1.29 is 138 Å². The molecule has 0 aliphatic heterocycles. The molecule has 40 heavy (non-hydrogen) atoms. The first kappa shape index (κ1) is 79.2. The fourth-order valence-electron chi connectivity index (χ4n) is 0.581. The molecule has 4 unspecified atom stereocenters. The minimum atomic E-state index is -2.06. The van der Waals surface area contributed by atoms with Crippen LogP contribution in [0.5, 0.6) is 0 Å². The van der Waals surface area contributed by atoms with Crippen molar-refractivity contribution in [2.24, 2.45) is 0 Å². The molecule has 0 aliphatic carbocycles. The van der Waals surface area contributed by atoms with Gasteiger partial charge in [-0.2, -0.15) is 11.8 Å². The van der Waals surface area contributed by atoms with Gasteiger partial charge in [0.1, 0.15) is 7.29 Å². The normalized spacial score (nSPS) is 15.5. The maximum Gasteiger partial charge on any atom is 1.00 e. The summed E-state index contributed by atoms with van der Waals surface area (Å²) in [6.45, 7) is 0. The monoisotopic (exact) mass is 1340 g/mol. The summed E-state index contributed by atoms with van der Waals surface area (Å²) >= 11 is 59.1.